The Bertz CT molecular complexity index is 1840. The van der Waals surface area contributed by atoms with E-state index in [2.05, 4.69) is 38.2 Å². The van der Waals surface area contributed by atoms with Gasteiger partial charge in [-0.2, -0.15) is 4.99 Å². The van der Waals surface area contributed by atoms with E-state index in [1.165, 1.54) is 60.1 Å². The van der Waals surface area contributed by atoms with Crippen LogP contribution in [0.1, 0.15) is 84.0 Å². The molecule has 6 N–H and O–H groups in total. The van der Waals surface area contributed by atoms with Gasteiger partial charge in [-0.1, -0.05) is 12.1 Å². The van der Waals surface area contributed by atoms with E-state index in [0.717, 1.165) is 86.7 Å². The number of anilines is 1. The lowest BCUT2D eigenvalue weighted by Crippen LogP contribution is -2.39. The molecule has 272 valence electrons. The van der Waals surface area contributed by atoms with Crippen molar-refractivity contribution in [1.82, 2.24) is 15.4 Å². The van der Waals surface area contributed by atoms with E-state index in [-0.39, 0.29) is 36.4 Å². The minimum atomic E-state index is -3.80. The van der Waals surface area contributed by atoms with Crippen molar-refractivity contribution < 1.29 is 36.0 Å². The van der Waals surface area contributed by atoms with E-state index in [0.29, 0.717) is 0 Å². The van der Waals surface area contributed by atoms with E-state index in [4.69, 9.17) is 0 Å². The summed E-state index contributed by atoms with van der Waals surface area (Å²) in [6, 6.07) is 3.85. The summed E-state index contributed by atoms with van der Waals surface area (Å²) < 4.78 is 46.4. The van der Waals surface area contributed by atoms with Crippen molar-refractivity contribution in [2.75, 3.05) is 29.9 Å². The molecule has 0 aliphatic heterocycles. The Kier molecular flexibility index (Phi) is 13.3. The maximum Gasteiger partial charge on any atom is 0.332 e. The largest absolute Gasteiger partial charge is 0.355 e. The molecule has 2 aromatic carbocycles. The topological polar surface area (TPSA) is 223 Å². The number of nitrogens with one attached hydrogen (secondary N) is 4. The van der Waals surface area contributed by atoms with E-state index in [1.54, 1.807) is 6.08 Å². The van der Waals surface area contributed by atoms with Crippen LogP contribution in [0.3, 0.4) is 0 Å². The molecule has 0 spiro atoms. The number of hydrogen-bond donors (Lipinski definition) is 5. The minimum Gasteiger partial charge on any atom is -0.355 e. The minimum absolute atomic E-state index is 0.0337. The molecule has 2 aromatic rings. The lowest BCUT2D eigenvalue weighted by atomic mass is 9.99. The standard InChI is InChI=1S/C17H23N3O4S.C13H13NO.C4H10N2O3S/c1-11(21)18-8-9-25(23,24)20-17(22)19-16-14-6-2-4-12(14)10-13-5-3-7-15(13)16;15-8-14-13-11-5-1-3-9(11)7-10-4-2-6-12(10)13;1-4(7)6-2-3-10(5,8)9/h10H,2-9H2,1H3,(H,18,21)(H2,19,20,22);7H,1-6H2;2-3H2,1H3,(H,6,7)(H2,5,8,9). The zero-order chi connectivity index (χ0) is 36.5. The van der Waals surface area contributed by atoms with E-state index in [9.17, 15) is 36.0 Å². The number of sulfonamides is 2. The second-order valence-electron chi connectivity index (χ2n) is 12.9. The summed E-state index contributed by atoms with van der Waals surface area (Å²) in [4.78, 5) is 47.6. The lowest BCUT2D eigenvalue weighted by molar-refractivity contribution is -0.119. The van der Waals surface area contributed by atoms with Crippen LogP contribution in [0.4, 0.5) is 16.2 Å². The number of nitrogens with zero attached hydrogens (tertiary/aromatic N) is 1. The third kappa shape index (κ3) is 10.9. The maximum atomic E-state index is 12.2. The Hall–Kier alpha value is -4.11. The number of aliphatic imine (C=N–C) groups is 1. The van der Waals surface area contributed by atoms with Gasteiger partial charge < -0.3 is 16.0 Å². The molecule has 4 aliphatic rings. The highest BCUT2D eigenvalue weighted by Crippen LogP contribution is 2.40. The summed E-state index contributed by atoms with van der Waals surface area (Å²) in [5.74, 6) is -1.13. The van der Waals surface area contributed by atoms with Crippen LogP contribution >= 0.6 is 0 Å². The Morgan fingerprint density at radius 1 is 0.700 bits per heavy atom. The van der Waals surface area contributed by atoms with Crippen LogP contribution in [0.2, 0.25) is 0 Å². The van der Waals surface area contributed by atoms with Crippen molar-refractivity contribution in [3.05, 3.63) is 56.6 Å². The first-order valence-electron chi connectivity index (χ1n) is 16.9. The number of isocyanates is 1. The number of fused-ring (bicyclic) bond motifs is 4. The number of urea groups is 1. The number of amides is 4. The van der Waals surface area contributed by atoms with Crippen molar-refractivity contribution in [1.29, 1.82) is 0 Å². The van der Waals surface area contributed by atoms with Gasteiger partial charge in [-0.05, 0) is 122 Å². The third-order valence-electron chi connectivity index (χ3n) is 9.06. The number of rotatable bonds is 9. The SMILES string of the molecule is CC(=O)NCCS(=O)(=O)NC(=O)Nc1c2c(cc3c1CCC3)CCC2.CC(=O)NCCS(N)(=O)=O.O=C=Nc1c2c(cc3c1CCC3)CCC2. The molecule has 0 saturated carbocycles. The van der Waals surface area contributed by atoms with Crippen molar-refractivity contribution in [3.8, 4) is 0 Å². The molecule has 0 bridgehead atoms. The number of benzene rings is 2. The Balaban J connectivity index is 0.000000190. The third-order valence-corrected chi connectivity index (χ3v) is 11.1. The fourth-order valence-corrected chi connectivity index (χ4v) is 8.19. The predicted molar refractivity (Wildman–Crippen MR) is 190 cm³/mol. The molecule has 0 heterocycles. The first kappa shape index (κ1) is 38.7. The summed E-state index contributed by atoms with van der Waals surface area (Å²) in [7, 11) is -7.24. The Morgan fingerprint density at radius 3 is 1.54 bits per heavy atom. The highest BCUT2D eigenvalue weighted by Gasteiger charge is 2.26. The molecule has 0 atom stereocenters. The molecule has 0 fully saturated rings. The van der Waals surface area contributed by atoms with Gasteiger partial charge in [0.25, 0.3) is 0 Å². The quantitative estimate of drug-likeness (QED) is 0.190. The number of carbonyl (C=O) groups is 3. The molecule has 0 aromatic heterocycles. The van der Waals surface area contributed by atoms with Gasteiger partial charge in [0, 0.05) is 32.6 Å². The zero-order valence-electron chi connectivity index (χ0n) is 28.6. The molecule has 0 unspecified atom stereocenters. The number of nitrogens with two attached hydrogens (primary N) is 1. The van der Waals surface area contributed by atoms with Crippen LogP contribution in [0.15, 0.2) is 17.1 Å². The zero-order valence-corrected chi connectivity index (χ0v) is 30.2. The molecule has 50 heavy (non-hydrogen) atoms. The van der Waals surface area contributed by atoms with E-state index >= 15 is 0 Å². The molecule has 0 saturated heterocycles. The molecule has 6 rings (SSSR count). The smallest absolute Gasteiger partial charge is 0.332 e. The molecular weight excluding hydrogens is 685 g/mol. The average Bonchev–Trinajstić information content (AvgIpc) is 3.83. The fraction of sp³-hybridized carbons (Fsp3) is 0.529. The van der Waals surface area contributed by atoms with E-state index in [1.807, 2.05) is 4.72 Å². The van der Waals surface area contributed by atoms with Crippen LogP contribution in [-0.4, -0.2) is 65.4 Å². The Labute approximate surface area is 293 Å². The van der Waals surface area contributed by atoms with Gasteiger partial charge in [-0.15, -0.1) is 0 Å². The van der Waals surface area contributed by atoms with Crippen LogP contribution in [0.25, 0.3) is 0 Å². The second kappa shape index (κ2) is 17.2. The first-order valence-corrected chi connectivity index (χ1v) is 20.3. The molecular formula is C34H46N6O8S2. The molecule has 16 heteroatoms. The monoisotopic (exact) mass is 730 g/mol. The maximum absolute atomic E-state index is 12.2. The number of aryl methyl sites for hydroxylation is 4. The number of primary sulfonamides is 1. The van der Waals surface area contributed by atoms with Gasteiger partial charge in [0.15, 0.2) is 0 Å². The summed E-state index contributed by atoms with van der Waals surface area (Å²) in [5, 5.41) is 12.1. The van der Waals surface area contributed by atoms with Gasteiger partial charge in [0.2, 0.25) is 37.9 Å². The fourth-order valence-electron chi connectivity index (χ4n) is 7.00. The molecule has 0 radical (unpaired) electrons. The summed E-state index contributed by atoms with van der Waals surface area (Å²) in [5.41, 5.74) is 12.1. The summed E-state index contributed by atoms with van der Waals surface area (Å²) >= 11 is 0. The highest BCUT2D eigenvalue weighted by atomic mass is 32.2. The molecule has 4 aliphatic carbocycles. The normalized spacial score (nSPS) is 15.0. The summed E-state index contributed by atoms with van der Waals surface area (Å²) in [6.07, 6.45) is 14.6. The highest BCUT2D eigenvalue weighted by molar-refractivity contribution is 7.90. The second-order valence-corrected chi connectivity index (χ2v) is 16.4. The van der Waals surface area contributed by atoms with Crippen LogP contribution in [0.5, 0.6) is 0 Å². The Morgan fingerprint density at radius 2 is 1.12 bits per heavy atom. The first-order chi connectivity index (χ1) is 23.7. The van der Waals surface area contributed by atoms with Gasteiger partial charge in [0.1, 0.15) is 0 Å². The van der Waals surface area contributed by atoms with Gasteiger partial charge >= 0.3 is 6.03 Å². The summed E-state index contributed by atoms with van der Waals surface area (Å²) in [6.45, 7) is 2.66. The molecule has 4 amide bonds. The van der Waals surface area contributed by atoms with Crippen molar-refractivity contribution in [2.24, 2.45) is 10.1 Å². The molecule has 14 nitrogen and oxygen atoms in total. The predicted octanol–water partition coefficient (Wildman–Crippen LogP) is 2.29. The van der Waals surface area contributed by atoms with Gasteiger partial charge in [-0.25, -0.2) is 36.3 Å². The van der Waals surface area contributed by atoms with Crippen LogP contribution in [0, 0.1) is 0 Å². The number of carbonyl (C=O) groups excluding carboxylic acids is 4. The van der Waals surface area contributed by atoms with E-state index < -0.39 is 26.1 Å². The van der Waals surface area contributed by atoms with Crippen LogP contribution < -0.4 is 25.8 Å². The van der Waals surface area contributed by atoms with Gasteiger partial charge in [-0.3, -0.25) is 9.59 Å². The van der Waals surface area contributed by atoms with Crippen LogP contribution in [-0.2, 0) is 85.8 Å². The van der Waals surface area contributed by atoms with Crippen molar-refractivity contribution in [3.63, 3.8) is 0 Å². The van der Waals surface area contributed by atoms with Crippen molar-refractivity contribution >= 4 is 55.3 Å². The van der Waals surface area contributed by atoms with Gasteiger partial charge in [0.05, 0.1) is 17.2 Å². The van der Waals surface area contributed by atoms with Crippen molar-refractivity contribution in [2.45, 2.75) is 90.9 Å². The average molecular weight is 731 g/mol. The number of hydrogen-bond acceptors (Lipinski definition) is 9. The lowest BCUT2D eigenvalue weighted by Gasteiger charge is -2.16.